The van der Waals surface area contributed by atoms with Crippen LogP contribution in [-0.4, -0.2) is 38.4 Å². The molecule has 2 aromatic heterocycles. The summed E-state index contributed by atoms with van der Waals surface area (Å²) in [5.41, 5.74) is 1.68. The van der Waals surface area contributed by atoms with E-state index in [2.05, 4.69) is 10.2 Å². The van der Waals surface area contributed by atoms with Crippen LogP contribution in [0.25, 0.3) is 0 Å². The molecule has 6 nitrogen and oxygen atoms in total. The molecule has 0 aromatic carbocycles. The molecule has 2 heterocycles. The minimum absolute atomic E-state index is 0.380. The first kappa shape index (κ1) is 15.3. The summed E-state index contributed by atoms with van der Waals surface area (Å²) in [6.45, 7) is 2.75. The summed E-state index contributed by atoms with van der Waals surface area (Å²) < 4.78 is 8.14. The van der Waals surface area contributed by atoms with Crippen LogP contribution in [0.15, 0.2) is 6.20 Å². The third-order valence-corrected chi connectivity index (χ3v) is 3.81. The zero-order chi connectivity index (χ0) is 14.9. The van der Waals surface area contributed by atoms with Gasteiger partial charge in [0, 0.05) is 19.7 Å². The second-order valence-electron chi connectivity index (χ2n) is 4.41. The van der Waals surface area contributed by atoms with Gasteiger partial charge in [0.1, 0.15) is 11.3 Å². The third kappa shape index (κ3) is 2.69. The van der Waals surface area contributed by atoms with Crippen LogP contribution in [0.2, 0.25) is 10.2 Å². The van der Waals surface area contributed by atoms with Crippen molar-refractivity contribution >= 4 is 23.2 Å². The summed E-state index contributed by atoms with van der Waals surface area (Å²) in [6.07, 6.45) is 0.512. The maximum atomic E-state index is 10.6. The van der Waals surface area contributed by atoms with Crippen molar-refractivity contribution in [2.45, 2.75) is 19.6 Å². The fourth-order valence-corrected chi connectivity index (χ4v) is 2.62. The van der Waals surface area contributed by atoms with Crippen LogP contribution in [0.3, 0.4) is 0 Å². The Morgan fingerprint density at radius 3 is 2.70 bits per heavy atom. The quantitative estimate of drug-likeness (QED) is 0.915. The fraction of sp³-hybridized carbons (Fsp3) is 0.500. The lowest BCUT2D eigenvalue weighted by molar-refractivity contribution is 0.171. The SMILES string of the molecule is COCCn1ncc(Cl)c1C(O)c1c(C)nn(C)c1Cl. The van der Waals surface area contributed by atoms with Crippen LogP contribution in [0.1, 0.15) is 23.1 Å². The molecule has 0 saturated heterocycles. The van der Waals surface area contributed by atoms with Crippen LogP contribution in [0.5, 0.6) is 0 Å². The van der Waals surface area contributed by atoms with Gasteiger partial charge >= 0.3 is 0 Å². The maximum Gasteiger partial charge on any atom is 0.133 e. The molecule has 1 atom stereocenters. The fourth-order valence-electron chi connectivity index (χ4n) is 2.09. The van der Waals surface area contributed by atoms with E-state index in [1.165, 1.54) is 10.9 Å². The van der Waals surface area contributed by atoms with Gasteiger partial charge < -0.3 is 9.84 Å². The molecule has 20 heavy (non-hydrogen) atoms. The lowest BCUT2D eigenvalue weighted by atomic mass is 10.1. The highest BCUT2D eigenvalue weighted by Crippen LogP contribution is 2.33. The molecule has 1 unspecified atom stereocenters. The highest BCUT2D eigenvalue weighted by molar-refractivity contribution is 6.31. The molecule has 0 fully saturated rings. The van der Waals surface area contributed by atoms with E-state index in [0.29, 0.717) is 40.3 Å². The average Bonchev–Trinajstić information content (AvgIpc) is 2.88. The number of aryl methyl sites for hydroxylation is 2. The normalized spacial score (nSPS) is 12.9. The molecular weight excluding hydrogens is 303 g/mol. The van der Waals surface area contributed by atoms with Gasteiger partial charge in [-0.05, 0) is 6.92 Å². The second kappa shape index (κ2) is 6.13. The Bertz CT molecular complexity index is 609. The number of rotatable bonds is 5. The van der Waals surface area contributed by atoms with E-state index in [9.17, 15) is 5.11 Å². The summed E-state index contributed by atoms with van der Waals surface area (Å²) in [6, 6.07) is 0. The van der Waals surface area contributed by atoms with Crippen molar-refractivity contribution in [3.8, 4) is 0 Å². The molecule has 0 bridgehead atoms. The lowest BCUT2D eigenvalue weighted by Crippen LogP contribution is -2.14. The zero-order valence-corrected chi connectivity index (χ0v) is 13.0. The van der Waals surface area contributed by atoms with E-state index in [0.717, 1.165) is 0 Å². The molecule has 0 aliphatic rings. The highest BCUT2D eigenvalue weighted by Gasteiger charge is 2.26. The first-order valence-electron chi connectivity index (χ1n) is 6.04. The average molecular weight is 319 g/mol. The molecule has 2 aromatic rings. The van der Waals surface area contributed by atoms with Gasteiger partial charge in [-0.25, -0.2) is 0 Å². The molecule has 0 radical (unpaired) electrons. The Morgan fingerprint density at radius 1 is 1.45 bits per heavy atom. The van der Waals surface area contributed by atoms with E-state index in [4.69, 9.17) is 27.9 Å². The Labute approximate surface area is 126 Å². The number of halogens is 2. The van der Waals surface area contributed by atoms with Gasteiger partial charge in [-0.15, -0.1) is 0 Å². The standard InChI is InChI=1S/C12H16Cl2N4O2/c1-7-9(12(14)17(2)16-7)11(19)10-8(13)6-15-18(10)4-5-20-3/h6,11,19H,4-5H2,1-3H3. The van der Waals surface area contributed by atoms with Crippen molar-refractivity contribution < 1.29 is 9.84 Å². The predicted octanol–water partition coefficient (Wildman–Crippen LogP) is 1.96. The van der Waals surface area contributed by atoms with E-state index in [1.807, 2.05) is 0 Å². The summed E-state index contributed by atoms with van der Waals surface area (Å²) in [7, 11) is 3.32. The third-order valence-electron chi connectivity index (χ3n) is 3.07. The Morgan fingerprint density at radius 2 is 2.15 bits per heavy atom. The van der Waals surface area contributed by atoms with E-state index in [-0.39, 0.29) is 0 Å². The second-order valence-corrected chi connectivity index (χ2v) is 5.17. The number of aliphatic hydroxyl groups excluding tert-OH is 1. The molecule has 110 valence electrons. The number of aromatic nitrogens is 4. The molecule has 1 N–H and O–H groups in total. The van der Waals surface area contributed by atoms with Gasteiger partial charge in [0.15, 0.2) is 0 Å². The molecule has 2 rings (SSSR count). The van der Waals surface area contributed by atoms with Gasteiger partial charge in [0.2, 0.25) is 0 Å². The molecule has 0 saturated carbocycles. The van der Waals surface area contributed by atoms with E-state index >= 15 is 0 Å². The van der Waals surface area contributed by atoms with Gasteiger partial charge in [-0.2, -0.15) is 10.2 Å². The monoisotopic (exact) mass is 318 g/mol. The highest BCUT2D eigenvalue weighted by atomic mass is 35.5. The molecule has 0 amide bonds. The van der Waals surface area contributed by atoms with Gasteiger partial charge in [-0.1, -0.05) is 23.2 Å². The van der Waals surface area contributed by atoms with Crippen molar-refractivity contribution in [1.29, 1.82) is 0 Å². The number of methoxy groups -OCH3 is 1. The summed E-state index contributed by atoms with van der Waals surface area (Å²) in [5.74, 6) is 0. The number of ether oxygens (including phenoxy) is 1. The summed E-state index contributed by atoms with van der Waals surface area (Å²) >= 11 is 12.3. The summed E-state index contributed by atoms with van der Waals surface area (Å²) in [4.78, 5) is 0. The van der Waals surface area contributed by atoms with E-state index in [1.54, 1.807) is 25.8 Å². The maximum absolute atomic E-state index is 10.6. The Hall–Kier alpha value is -1.08. The minimum Gasteiger partial charge on any atom is -0.383 e. The van der Waals surface area contributed by atoms with Crippen molar-refractivity contribution in [2.24, 2.45) is 7.05 Å². The number of nitrogens with zero attached hydrogens (tertiary/aromatic N) is 4. The van der Waals surface area contributed by atoms with E-state index < -0.39 is 6.10 Å². The van der Waals surface area contributed by atoms with Crippen LogP contribution >= 0.6 is 23.2 Å². The Balaban J connectivity index is 2.42. The largest absolute Gasteiger partial charge is 0.383 e. The smallest absolute Gasteiger partial charge is 0.133 e. The minimum atomic E-state index is -0.983. The molecule has 0 spiro atoms. The van der Waals surface area contributed by atoms with Crippen LogP contribution in [-0.2, 0) is 18.3 Å². The predicted molar refractivity (Wildman–Crippen MR) is 76.1 cm³/mol. The van der Waals surface area contributed by atoms with Gasteiger partial charge in [-0.3, -0.25) is 9.36 Å². The topological polar surface area (TPSA) is 65.1 Å². The van der Waals surface area contributed by atoms with Crippen LogP contribution in [0, 0.1) is 6.92 Å². The van der Waals surface area contributed by atoms with Crippen molar-refractivity contribution in [3.05, 3.63) is 33.3 Å². The molecular formula is C12H16Cl2N4O2. The lowest BCUT2D eigenvalue weighted by Gasteiger charge is -2.14. The Kier molecular flexibility index (Phi) is 4.70. The molecule has 8 heteroatoms. The van der Waals surface area contributed by atoms with Gasteiger partial charge in [0.25, 0.3) is 0 Å². The van der Waals surface area contributed by atoms with Crippen LogP contribution in [0.4, 0.5) is 0 Å². The first-order valence-corrected chi connectivity index (χ1v) is 6.80. The molecule has 0 aliphatic heterocycles. The van der Waals surface area contributed by atoms with Crippen molar-refractivity contribution in [2.75, 3.05) is 13.7 Å². The van der Waals surface area contributed by atoms with Crippen molar-refractivity contribution in [3.63, 3.8) is 0 Å². The molecule has 0 aliphatic carbocycles. The van der Waals surface area contributed by atoms with Crippen molar-refractivity contribution in [1.82, 2.24) is 19.6 Å². The first-order chi connectivity index (χ1) is 9.47. The van der Waals surface area contributed by atoms with Gasteiger partial charge in [0.05, 0.1) is 35.8 Å². The summed E-state index contributed by atoms with van der Waals surface area (Å²) in [5, 5.41) is 19.7. The zero-order valence-electron chi connectivity index (χ0n) is 11.5. The van der Waals surface area contributed by atoms with Crippen LogP contribution < -0.4 is 0 Å². The number of hydrogen-bond acceptors (Lipinski definition) is 4. The number of aliphatic hydroxyl groups is 1. The number of hydrogen-bond donors (Lipinski definition) is 1.